The molecule has 0 bridgehead atoms. The minimum atomic E-state index is -0.301. The van der Waals surface area contributed by atoms with Crippen molar-refractivity contribution >= 4 is 11.6 Å². The van der Waals surface area contributed by atoms with Gasteiger partial charge in [-0.2, -0.15) is 0 Å². The van der Waals surface area contributed by atoms with Gasteiger partial charge in [0.2, 0.25) is 0 Å². The molecule has 4 rings (SSSR count). The Hall–Kier alpha value is -1.60. The van der Waals surface area contributed by atoms with Gasteiger partial charge in [-0.15, -0.1) is 0 Å². The molecule has 2 aliphatic rings. The van der Waals surface area contributed by atoms with Gasteiger partial charge in [-0.1, -0.05) is 42.0 Å². The second-order valence-corrected chi connectivity index (χ2v) is 7.89. The van der Waals surface area contributed by atoms with Crippen molar-refractivity contribution in [3.63, 3.8) is 0 Å². The molecule has 2 aliphatic carbocycles. The Kier molecular flexibility index (Phi) is 4.69. The fourth-order valence-electron chi connectivity index (χ4n) is 4.68. The van der Waals surface area contributed by atoms with Gasteiger partial charge in [0, 0.05) is 0 Å². The Labute approximate surface area is 154 Å². The van der Waals surface area contributed by atoms with Crippen LogP contribution in [0.2, 0.25) is 5.02 Å². The van der Waals surface area contributed by atoms with Gasteiger partial charge in [-0.3, -0.25) is 0 Å². The number of fused-ring (bicyclic) bond motifs is 3. The van der Waals surface area contributed by atoms with Gasteiger partial charge in [0.25, 0.3) is 0 Å². The van der Waals surface area contributed by atoms with Crippen molar-refractivity contribution in [1.82, 2.24) is 0 Å². The molecule has 0 radical (unpaired) electrons. The molecule has 0 nitrogen and oxygen atoms in total. The van der Waals surface area contributed by atoms with Crippen molar-refractivity contribution in [3.8, 4) is 0 Å². The summed E-state index contributed by atoms with van der Waals surface area (Å²) in [6.45, 7) is 2.11. The molecule has 0 aromatic heterocycles. The molecule has 0 saturated heterocycles. The van der Waals surface area contributed by atoms with Crippen molar-refractivity contribution in [2.45, 2.75) is 51.4 Å². The third kappa shape index (κ3) is 3.27. The molecule has 2 aromatic carbocycles. The molecule has 0 aliphatic heterocycles. The molecule has 0 heterocycles. The van der Waals surface area contributed by atoms with E-state index in [1.165, 1.54) is 24.8 Å². The van der Waals surface area contributed by atoms with E-state index in [0.29, 0.717) is 11.8 Å². The van der Waals surface area contributed by atoms with Crippen LogP contribution in [0.15, 0.2) is 42.5 Å². The molecule has 0 unspecified atom stereocenters. The molecule has 2 heteroatoms. The molecule has 0 N–H and O–H groups in total. The summed E-state index contributed by atoms with van der Waals surface area (Å²) >= 11 is 5.83. The predicted octanol–water partition coefficient (Wildman–Crippen LogP) is 6.43. The predicted molar refractivity (Wildman–Crippen MR) is 103 cm³/mol. The van der Waals surface area contributed by atoms with E-state index in [1.807, 2.05) is 6.07 Å². The van der Waals surface area contributed by atoms with Gasteiger partial charge in [-0.05, 0) is 97.2 Å². The van der Waals surface area contributed by atoms with Gasteiger partial charge >= 0.3 is 0 Å². The van der Waals surface area contributed by atoms with Crippen LogP contribution in [0.25, 0.3) is 0 Å². The van der Waals surface area contributed by atoms with E-state index < -0.39 is 0 Å². The summed E-state index contributed by atoms with van der Waals surface area (Å²) in [5, 5.41) is 0.213. The second kappa shape index (κ2) is 6.96. The van der Waals surface area contributed by atoms with Crippen molar-refractivity contribution in [3.05, 3.63) is 81.1 Å². The molecule has 130 valence electrons. The minimum Gasteiger partial charge on any atom is -0.205 e. The van der Waals surface area contributed by atoms with Crippen molar-refractivity contribution in [2.75, 3.05) is 0 Å². The summed E-state index contributed by atoms with van der Waals surface area (Å²) in [6.07, 6.45) is 11.4. The molecule has 0 fully saturated rings. The van der Waals surface area contributed by atoms with E-state index in [1.54, 1.807) is 28.8 Å². The smallest absolute Gasteiger partial charge is 0.142 e. The van der Waals surface area contributed by atoms with Crippen LogP contribution in [-0.2, 0) is 25.7 Å². The van der Waals surface area contributed by atoms with Crippen molar-refractivity contribution in [2.24, 2.45) is 5.92 Å². The monoisotopic (exact) mass is 354 g/mol. The number of benzene rings is 2. The van der Waals surface area contributed by atoms with Crippen molar-refractivity contribution < 1.29 is 4.39 Å². The maximum absolute atomic E-state index is 13.8. The number of rotatable bonds is 2. The van der Waals surface area contributed by atoms with Crippen LogP contribution in [0.3, 0.4) is 0 Å². The highest BCUT2D eigenvalue weighted by molar-refractivity contribution is 6.30. The van der Waals surface area contributed by atoms with Crippen LogP contribution >= 0.6 is 11.6 Å². The summed E-state index contributed by atoms with van der Waals surface area (Å²) in [5.74, 6) is 0.797. The first kappa shape index (κ1) is 16.8. The van der Waals surface area contributed by atoms with E-state index >= 15 is 0 Å². The average molecular weight is 355 g/mol. The van der Waals surface area contributed by atoms with E-state index in [0.717, 1.165) is 24.8 Å². The van der Waals surface area contributed by atoms with Crippen molar-refractivity contribution in [1.29, 1.82) is 0 Å². The maximum Gasteiger partial charge on any atom is 0.142 e. The first-order valence-corrected chi connectivity index (χ1v) is 9.73. The SMILES string of the molecule is CC=C[C@H]1CCc2c(ccc3c2CC[C@H](c2ccc(Cl)c(F)c2)C3)C1. The summed E-state index contributed by atoms with van der Waals surface area (Å²) < 4.78 is 13.8. The Bertz CT molecular complexity index is 821. The third-order valence-corrected chi connectivity index (χ3v) is 6.27. The topological polar surface area (TPSA) is 0 Å². The molecule has 0 saturated carbocycles. The molecule has 25 heavy (non-hydrogen) atoms. The lowest BCUT2D eigenvalue weighted by molar-refractivity contribution is 0.532. The molecular weight excluding hydrogens is 331 g/mol. The number of hydrogen-bond donors (Lipinski definition) is 0. The van der Waals surface area contributed by atoms with Crippen LogP contribution in [0.5, 0.6) is 0 Å². The minimum absolute atomic E-state index is 0.213. The highest BCUT2D eigenvalue weighted by Crippen LogP contribution is 2.38. The molecular formula is C23H24ClF. The number of hydrogen-bond acceptors (Lipinski definition) is 0. The average Bonchev–Trinajstić information content (AvgIpc) is 2.63. The van der Waals surface area contributed by atoms with Crippen LogP contribution in [0.4, 0.5) is 4.39 Å². The quantitative estimate of drug-likeness (QED) is 0.545. The fourth-order valence-corrected chi connectivity index (χ4v) is 4.80. The van der Waals surface area contributed by atoms with Crippen LogP contribution in [-0.4, -0.2) is 0 Å². The largest absolute Gasteiger partial charge is 0.205 e. The van der Waals surface area contributed by atoms with E-state index in [4.69, 9.17) is 11.6 Å². The van der Waals surface area contributed by atoms with Gasteiger partial charge in [0.05, 0.1) is 5.02 Å². The standard InChI is InChI=1S/C23H24ClF/c1-2-3-15-4-9-20-18(12-15)5-6-19-13-16(7-10-21(19)20)17-8-11-22(24)23(25)14-17/h2-3,5-6,8,11,14-16H,4,7,9-10,12-13H2,1H3/t15-,16-/m0/s1. The highest BCUT2D eigenvalue weighted by atomic mass is 35.5. The molecule has 0 spiro atoms. The number of allylic oxidation sites excluding steroid dienone is 2. The zero-order valence-corrected chi connectivity index (χ0v) is 15.5. The fraction of sp³-hybridized carbons (Fsp3) is 0.391. The Morgan fingerprint density at radius 1 is 1.00 bits per heavy atom. The van der Waals surface area contributed by atoms with E-state index in [-0.39, 0.29) is 10.8 Å². The Morgan fingerprint density at radius 3 is 2.44 bits per heavy atom. The normalized spacial score (nSPS) is 22.7. The zero-order valence-electron chi connectivity index (χ0n) is 14.7. The van der Waals surface area contributed by atoms with Gasteiger partial charge in [-0.25, -0.2) is 4.39 Å². The number of halogens is 2. The Balaban J connectivity index is 1.59. The van der Waals surface area contributed by atoms with E-state index in [9.17, 15) is 4.39 Å². The van der Waals surface area contributed by atoms with Gasteiger partial charge in [0.1, 0.15) is 5.82 Å². The van der Waals surface area contributed by atoms with Crippen LogP contribution in [0, 0.1) is 11.7 Å². The Morgan fingerprint density at radius 2 is 1.72 bits per heavy atom. The summed E-state index contributed by atoms with van der Waals surface area (Å²) in [4.78, 5) is 0. The van der Waals surface area contributed by atoms with Crippen LogP contribution in [0.1, 0.15) is 53.5 Å². The third-order valence-electron chi connectivity index (χ3n) is 5.96. The first-order chi connectivity index (χ1) is 12.2. The van der Waals surface area contributed by atoms with Crippen LogP contribution < -0.4 is 0 Å². The lowest BCUT2D eigenvalue weighted by Gasteiger charge is -2.31. The van der Waals surface area contributed by atoms with E-state index in [2.05, 4.69) is 31.2 Å². The molecule has 2 atom stereocenters. The summed E-state index contributed by atoms with van der Waals surface area (Å²) in [5.41, 5.74) is 7.29. The van der Waals surface area contributed by atoms with Gasteiger partial charge < -0.3 is 0 Å². The first-order valence-electron chi connectivity index (χ1n) is 9.36. The highest BCUT2D eigenvalue weighted by Gasteiger charge is 2.26. The zero-order chi connectivity index (χ0) is 17.4. The second-order valence-electron chi connectivity index (χ2n) is 7.48. The molecule has 2 aromatic rings. The summed E-state index contributed by atoms with van der Waals surface area (Å²) in [7, 11) is 0. The lowest BCUT2D eigenvalue weighted by Crippen LogP contribution is -2.20. The van der Waals surface area contributed by atoms with Gasteiger partial charge in [0.15, 0.2) is 0 Å². The molecule has 0 amide bonds. The summed E-state index contributed by atoms with van der Waals surface area (Å²) in [6, 6.07) is 9.97. The maximum atomic E-state index is 13.8. The lowest BCUT2D eigenvalue weighted by atomic mass is 9.74.